The Kier molecular flexibility index (Phi) is 6.83. The molecule has 0 aromatic heterocycles. The number of hydrogen-bond donors (Lipinski definition) is 1. The largest absolute Gasteiger partial charge is 0.507 e. The summed E-state index contributed by atoms with van der Waals surface area (Å²) in [6, 6.07) is 1.74. The molecule has 0 amide bonds. The Bertz CT molecular complexity index is 453. The average molecular weight is 374 g/mol. The topological polar surface area (TPSA) is 37.3 Å². The second kappa shape index (κ2) is 7.88. The van der Waals surface area contributed by atoms with E-state index in [0.717, 1.165) is 47.7 Å². The second-order valence-electron chi connectivity index (χ2n) is 5.00. The number of alkyl halides is 1. The number of hydrogen-bond acceptors (Lipinski definition) is 2. The lowest BCUT2D eigenvalue weighted by molar-refractivity contribution is 0.101. The Morgan fingerprint density at radius 3 is 2.42 bits per heavy atom. The third kappa shape index (κ3) is 4.20. The lowest BCUT2D eigenvalue weighted by Crippen LogP contribution is -2.07. The van der Waals surface area contributed by atoms with Crippen LogP contribution in [0.4, 0.5) is 0 Å². The number of benzene rings is 1. The molecule has 1 aromatic rings. The summed E-state index contributed by atoms with van der Waals surface area (Å²) >= 11 is 2.38. The molecule has 0 aliphatic heterocycles. The molecule has 0 radical (unpaired) electrons. The number of rotatable bonds is 7. The predicted molar refractivity (Wildman–Crippen MR) is 88.7 cm³/mol. The number of phenolic OH excluding ortho intramolecular Hbond substituents is 1. The highest BCUT2D eigenvalue weighted by Gasteiger charge is 2.18. The van der Waals surface area contributed by atoms with Crippen LogP contribution in [0.3, 0.4) is 0 Å². The summed E-state index contributed by atoms with van der Waals surface area (Å²) in [5.74, 6) is 0.119. The lowest BCUT2D eigenvalue weighted by atomic mass is 9.88. The first-order chi connectivity index (χ1) is 9.02. The first-order valence-corrected chi connectivity index (χ1v) is 8.46. The fourth-order valence-corrected chi connectivity index (χ4v) is 2.90. The van der Waals surface area contributed by atoms with Crippen molar-refractivity contribution >= 4 is 28.4 Å². The normalized spacial score (nSPS) is 10.7. The fraction of sp³-hybridized carbons (Fsp3) is 0.562. The molecule has 0 heterocycles. The Morgan fingerprint density at radius 1 is 1.26 bits per heavy atom. The number of carbonyl (C=O) groups excluding carboxylic acids is 1. The highest BCUT2D eigenvalue weighted by molar-refractivity contribution is 14.1. The van der Waals surface area contributed by atoms with Crippen LogP contribution in [0.1, 0.15) is 60.2 Å². The quantitative estimate of drug-likeness (QED) is 0.430. The Hall–Kier alpha value is -0.580. The number of aromatic hydroxyl groups is 1. The van der Waals surface area contributed by atoms with Crippen molar-refractivity contribution in [3.8, 4) is 5.75 Å². The van der Waals surface area contributed by atoms with Crippen LogP contribution in [0.25, 0.3) is 0 Å². The maximum atomic E-state index is 11.8. The van der Waals surface area contributed by atoms with Crippen molar-refractivity contribution in [2.75, 3.05) is 4.43 Å². The molecule has 19 heavy (non-hydrogen) atoms. The number of carbonyl (C=O) groups is 1. The standard InChI is InChI=1S/C16H23IO2/c1-4-5-7-14-13(8-6-9-17)11(2)10-15(19)16(14)12(3)18/h10,19H,4-9H2,1-3H3. The van der Waals surface area contributed by atoms with Crippen molar-refractivity contribution < 1.29 is 9.90 Å². The van der Waals surface area contributed by atoms with Crippen LogP contribution >= 0.6 is 22.6 Å². The number of Topliss-reactive ketones (excluding diaryl/α,β-unsaturated/α-hetero) is 1. The number of aryl methyl sites for hydroxylation is 1. The number of halogens is 1. The SMILES string of the molecule is CCCCc1c(CCCI)c(C)cc(O)c1C(C)=O. The molecule has 0 saturated carbocycles. The van der Waals surface area contributed by atoms with Crippen LogP contribution in [0.5, 0.6) is 5.75 Å². The van der Waals surface area contributed by atoms with E-state index < -0.39 is 0 Å². The van der Waals surface area contributed by atoms with E-state index in [1.807, 2.05) is 6.92 Å². The van der Waals surface area contributed by atoms with Crippen LogP contribution in [-0.4, -0.2) is 15.3 Å². The van der Waals surface area contributed by atoms with E-state index in [0.29, 0.717) is 5.56 Å². The van der Waals surface area contributed by atoms with E-state index in [1.54, 1.807) is 13.0 Å². The van der Waals surface area contributed by atoms with Crippen molar-refractivity contribution in [1.29, 1.82) is 0 Å². The molecular formula is C16H23IO2. The van der Waals surface area contributed by atoms with Crippen LogP contribution in [0, 0.1) is 6.92 Å². The lowest BCUT2D eigenvalue weighted by Gasteiger charge is -2.17. The summed E-state index contributed by atoms with van der Waals surface area (Å²) in [4.78, 5) is 11.8. The molecule has 3 heteroatoms. The van der Waals surface area contributed by atoms with E-state index in [2.05, 4.69) is 29.5 Å². The van der Waals surface area contributed by atoms with Crippen LogP contribution in [-0.2, 0) is 12.8 Å². The van der Waals surface area contributed by atoms with Crippen LogP contribution in [0.15, 0.2) is 6.07 Å². The third-order valence-electron chi connectivity index (χ3n) is 3.44. The number of ketones is 1. The highest BCUT2D eigenvalue weighted by Crippen LogP contribution is 2.30. The molecule has 1 N–H and O–H groups in total. The highest BCUT2D eigenvalue weighted by atomic mass is 127. The van der Waals surface area contributed by atoms with Crippen molar-refractivity contribution in [2.24, 2.45) is 0 Å². The maximum absolute atomic E-state index is 11.8. The molecule has 106 valence electrons. The molecule has 2 nitrogen and oxygen atoms in total. The predicted octanol–water partition coefficient (Wildman–Crippen LogP) is 4.61. The molecule has 1 aromatic carbocycles. The zero-order valence-electron chi connectivity index (χ0n) is 12.1. The molecular weight excluding hydrogens is 351 g/mol. The van der Waals surface area contributed by atoms with Gasteiger partial charge in [-0.3, -0.25) is 4.79 Å². The molecule has 1 rings (SSSR count). The van der Waals surface area contributed by atoms with E-state index in [9.17, 15) is 9.90 Å². The summed E-state index contributed by atoms with van der Waals surface area (Å²) < 4.78 is 1.11. The molecule has 0 saturated heterocycles. The Labute approximate surface area is 129 Å². The van der Waals surface area contributed by atoms with Crippen LogP contribution < -0.4 is 0 Å². The Morgan fingerprint density at radius 2 is 1.89 bits per heavy atom. The fourth-order valence-electron chi connectivity index (χ4n) is 2.52. The zero-order chi connectivity index (χ0) is 14.4. The van der Waals surface area contributed by atoms with Gasteiger partial charge in [-0.25, -0.2) is 0 Å². The maximum Gasteiger partial charge on any atom is 0.163 e. The number of unbranched alkanes of at least 4 members (excludes halogenated alkanes) is 1. The smallest absolute Gasteiger partial charge is 0.163 e. The first kappa shape index (κ1) is 16.5. The zero-order valence-corrected chi connectivity index (χ0v) is 14.2. The van der Waals surface area contributed by atoms with Gasteiger partial charge < -0.3 is 5.11 Å². The van der Waals surface area contributed by atoms with Gasteiger partial charge in [0.05, 0.1) is 5.56 Å². The van der Waals surface area contributed by atoms with Gasteiger partial charge in [0.2, 0.25) is 0 Å². The summed E-state index contributed by atoms with van der Waals surface area (Å²) in [6.07, 6.45) is 5.15. The van der Waals surface area contributed by atoms with Gasteiger partial charge in [0.1, 0.15) is 5.75 Å². The van der Waals surface area contributed by atoms with Crippen molar-refractivity contribution in [2.45, 2.75) is 52.9 Å². The van der Waals surface area contributed by atoms with Gasteiger partial charge in [0, 0.05) is 0 Å². The summed E-state index contributed by atoms with van der Waals surface area (Å²) in [5, 5.41) is 10.1. The van der Waals surface area contributed by atoms with E-state index in [4.69, 9.17) is 0 Å². The van der Waals surface area contributed by atoms with E-state index in [1.165, 1.54) is 5.56 Å². The summed E-state index contributed by atoms with van der Waals surface area (Å²) in [5.41, 5.74) is 4.01. The third-order valence-corrected chi connectivity index (χ3v) is 4.21. The minimum atomic E-state index is -0.0284. The van der Waals surface area contributed by atoms with Crippen molar-refractivity contribution in [3.63, 3.8) is 0 Å². The van der Waals surface area contributed by atoms with Crippen LogP contribution in [0.2, 0.25) is 0 Å². The van der Waals surface area contributed by atoms with Gasteiger partial charge in [0.15, 0.2) is 5.78 Å². The summed E-state index contributed by atoms with van der Waals surface area (Å²) in [6.45, 7) is 5.72. The average Bonchev–Trinajstić information content (AvgIpc) is 2.34. The minimum absolute atomic E-state index is 0.0284. The molecule has 0 bridgehead atoms. The van der Waals surface area contributed by atoms with Gasteiger partial charge >= 0.3 is 0 Å². The molecule has 0 aliphatic rings. The van der Waals surface area contributed by atoms with Gasteiger partial charge in [-0.1, -0.05) is 35.9 Å². The molecule has 0 fully saturated rings. The van der Waals surface area contributed by atoms with Crippen molar-refractivity contribution in [1.82, 2.24) is 0 Å². The monoisotopic (exact) mass is 374 g/mol. The molecule has 0 spiro atoms. The first-order valence-electron chi connectivity index (χ1n) is 6.94. The molecule has 0 atom stereocenters. The van der Waals surface area contributed by atoms with Crippen molar-refractivity contribution in [3.05, 3.63) is 28.3 Å². The minimum Gasteiger partial charge on any atom is -0.507 e. The van der Waals surface area contributed by atoms with E-state index in [-0.39, 0.29) is 11.5 Å². The van der Waals surface area contributed by atoms with E-state index >= 15 is 0 Å². The Balaban J connectivity index is 3.32. The summed E-state index contributed by atoms with van der Waals surface area (Å²) in [7, 11) is 0. The van der Waals surface area contributed by atoms with Gasteiger partial charge in [-0.15, -0.1) is 0 Å². The van der Waals surface area contributed by atoms with Gasteiger partial charge in [0.25, 0.3) is 0 Å². The van der Waals surface area contributed by atoms with Gasteiger partial charge in [-0.05, 0) is 66.7 Å². The molecule has 0 unspecified atom stereocenters. The second-order valence-corrected chi connectivity index (χ2v) is 6.08. The number of phenols is 1. The molecule has 0 aliphatic carbocycles. The van der Waals surface area contributed by atoms with Gasteiger partial charge in [-0.2, -0.15) is 0 Å².